The zero-order valence-electron chi connectivity index (χ0n) is 17.3. The topological polar surface area (TPSA) is 97.8 Å². The molecule has 0 saturated carbocycles. The summed E-state index contributed by atoms with van der Waals surface area (Å²) < 4.78 is 38.5. The van der Waals surface area contributed by atoms with Gasteiger partial charge < -0.3 is 19.9 Å². The van der Waals surface area contributed by atoms with Crippen LogP contribution in [0.25, 0.3) is 0 Å². The summed E-state index contributed by atoms with van der Waals surface area (Å²) in [6.07, 6.45) is 0.902. The molecule has 2 N–H and O–H groups in total. The number of benzene rings is 2. The van der Waals surface area contributed by atoms with Gasteiger partial charge in [0.1, 0.15) is 23.9 Å². The first kappa shape index (κ1) is 22.7. The fourth-order valence-corrected chi connectivity index (χ4v) is 2.73. The molecule has 0 atom stereocenters. The van der Waals surface area contributed by atoms with Crippen molar-refractivity contribution in [2.75, 3.05) is 5.32 Å². The molecule has 0 aliphatic carbocycles. The molecule has 3 rings (SSSR count). The van der Waals surface area contributed by atoms with Crippen molar-refractivity contribution in [1.82, 2.24) is 4.98 Å². The number of carboxylic acids is 1. The van der Waals surface area contributed by atoms with Gasteiger partial charge in [0.2, 0.25) is 0 Å². The summed E-state index contributed by atoms with van der Waals surface area (Å²) in [5.74, 6) is -3.02. The Balaban J connectivity index is 1.82. The Kier molecular flexibility index (Phi) is 6.99. The van der Waals surface area contributed by atoms with E-state index in [9.17, 15) is 18.4 Å². The zero-order valence-corrected chi connectivity index (χ0v) is 17.3. The van der Waals surface area contributed by atoms with Crippen molar-refractivity contribution >= 4 is 17.7 Å². The number of hydrogen-bond donors (Lipinski definition) is 2. The van der Waals surface area contributed by atoms with Gasteiger partial charge in [-0.05, 0) is 50.2 Å². The van der Waals surface area contributed by atoms with Crippen LogP contribution in [0.15, 0.2) is 54.7 Å². The van der Waals surface area contributed by atoms with Crippen molar-refractivity contribution < 1.29 is 33.0 Å². The van der Waals surface area contributed by atoms with Crippen molar-refractivity contribution in [3.63, 3.8) is 0 Å². The predicted molar refractivity (Wildman–Crippen MR) is 112 cm³/mol. The minimum absolute atomic E-state index is 0.0215. The van der Waals surface area contributed by atoms with Crippen molar-refractivity contribution in [3.05, 3.63) is 83.1 Å². The first-order valence-electron chi connectivity index (χ1n) is 9.61. The number of halogens is 2. The summed E-state index contributed by atoms with van der Waals surface area (Å²) >= 11 is 0. The van der Waals surface area contributed by atoms with Crippen molar-refractivity contribution in [2.45, 2.75) is 26.6 Å². The molecule has 0 bridgehead atoms. The summed E-state index contributed by atoms with van der Waals surface area (Å²) in [7, 11) is 0. The maximum Gasteiger partial charge on any atom is 0.337 e. The molecule has 0 fully saturated rings. The number of aromatic carboxylic acids is 1. The van der Waals surface area contributed by atoms with Crippen LogP contribution < -0.4 is 14.8 Å². The lowest BCUT2D eigenvalue weighted by atomic mass is 10.1. The highest BCUT2D eigenvalue weighted by atomic mass is 19.2. The van der Waals surface area contributed by atoms with Gasteiger partial charge in [-0.25, -0.2) is 18.6 Å². The molecule has 0 aliphatic heterocycles. The van der Waals surface area contributed by atoms with E-state index < -0.39 is 23.5 Å². The molecule has 166 valence electrons. The van der Waals surface area contributed by atoms with Crippen LogP contribution in [0.1, 0.15) is 40.1 Å². The summed E-state index contributed by atoms with van der Waals surface area (Å²) in [6, 6.07) is 10.9. The molecular formula is C23H20F2N2O5. The van der Waals surface area contributed by atoms with E-state index >= 15 is 0 Å². The molecule has 2 aromatic carbocycles. The molecule has 7 nitrogen and oxygen atoms in total. The summed E-state index contributed by atoms with van der Waals surface area (Å²) in [6.45, 7) is 3.35. The van der Waals surface area contributed by atoms with E-state index in [0.717, 1.165) is 12.3 Å². The number of anilines is 1. The number of nitrogens with zero attached hydrogens (tertiary/aromatic N) is 1. The largest absolute Gasteiger partial charge is 0.490 e. The van der Waals surface area contributed by atoms with Crippen LogP contribution in [0.2, 0.25) is 0 Å². The zero-order chi connectivity index (χ0) is 23.3. The summed E-state index contributed by atoms with van der Waals surface area (Å²) in [4.78, 5) is 27.7. The smallest absolute Gasteiger partial charge is 0.337 e. The maximum atomic E-state index is 13.9. The van der Waals surface area contributed by atoms with E-state index in [2.05, 4.69) is 10.3 Å². The molecule has 0 spiro atoms. The third-order valence-electron chi connectivity index (χ3n) is 4.24. The minimum Gasteiger partial charge on any atom is -0.490 e. The average molecular weight is 442 g/mol. The Labute approximate surface area is 182 Å². The lowest BCUT2D eigenvalue weighted by Crippen LogP contribution is -2.17. The quantitative estimate of drug-likeness (QED) is 0.526. The summed E-state index contributed by atoms with van der Waals surface area (Å²) in [5, 5.41) is 11.5. The highest BCUT2D eigenvalue weighted by Crippen LogP contribution is 2.27. The molecule has 0 saturated heterocycles. The molecule has 1 aromatic heterocycles. The lowest BCUT2D eigenvalue weighted by Gasteiger charge is -2.16. The number of carboxylic acid groups (broad SMARTS) is 1. The van der Waals surface area contributed by atoms with Crippen LogP contribution in [0.5, 0.6) is 11.5 Å². The van der Waals surface area contributed by atoms with E-state index in [-0.39, 0.29) is 46.7 Å². The van der Waals surface area contributed by atoms with Gasteiger partial charge in [0.25, 0.3) is 5.91 Å². The van der Waals surface area contributed by atoms with Gasteiger partial charge >= 0.3 is 5.97 Å². The molecule has 1 heterocycles. The number of pyridine rings is 1. The molecule has 32 heavy (non-hydrogen) atoms. The van der Waals surface area contributed by atoms with E-state index in [4.69, 9.17) is 14.6 Å². The molecule has 0 aliphatic rings. The molecule has 0 radical (unpaired) electrons. The highest BCUT2D eigenvalue weighted by Gasteiger charge is 2.17. The van der Waals surface area contributed by atoms with Crippen LogP contribution >= 0.6 is 0 Å². The van der Waals surface area contributed by atoms with Gasteiger partial charge in [-0.1, -0.05) is 12.1 Å². The van der Waals surface area contributed by atoms with Gasteiger partial charge in [0, 0.05) is 11.8 Å². The van der Waals surface area contributed by atoms with Crippen molar-refractivity contribution in [2.24, 2.45) is 0 Å². The lowest BCUT2D eigenvalue weighted by molar-refractivity contribution is 0.0696. The Morgan fingerprint density at radius 3 is 2.56 bits per heavy atom. The second-order valence-electron chi connectivity index (χ2n) is 7.02. The number of hydrogen-bond acceptors (Lipinski definition) is 5. The minimum atomic E-state index is -1.14. The van der Waals surface area contributed by atoms with Crippen molar-refractivity contribution in [1.29, 1.82) is 0 Å². The number of ether oxygens (including phenoxy) is 2. The SMILES string of the molecule is CC(C)Oc1ccc(OCc2cccc(F)c2F)cc1C(=O)Nc1ccc(C(=O)O)cn1. The van der Waals surface area contributed by atoms with Crippen LogP contribution in [0.4, 0.5) is 14.6 Å². The Morgan fingerprint density at radius 1 is 1.12 bits per heavy atom. The monoisotopic (exact) mass is 442 g/mol. The number of carbonyl (C=O) groups is 2. The predicted octanol–water partition coefficient (Wildman–Crippen LogP) is 4.68. The van der Waals surface area contributed by atoms with E-state index in [0.29, 0.717) is 0 Å². The molecule has 1 amide bonds. The van der Waals surface area contributed by atoms with E-state index in [1.807, 2.05) is 0 Å². The van der Waals surface area contributed by atoms with Crippen molar-refractivity contribution in [3.8, 4) is 11.5 Å². The standard InChI is InChI=1S/C23H20F2N2O5/c1-13(2)32-19-8-7-16(31-12-15-4-3-5-18(24)21(15)25)10-17(19)22(28)27-20-9-6-14(11-26-20)23(29)30/h3-11,13H,12H2,1-2H3,(H,29,30)(H,26,27,28). The Bertz CT molecular complexity index is 1130. The highest BCUT2D eigenvalue weighted by molar-refractivity contribution is 6.06. The first-order valence-corrected chi connectivity index (χ1v) is 9.61. The maximum absolute atomic E-state index is 13.9. The third-order valence-corrected chi connectivity index (χ3v) is 4.24. The second-order valence-corrected chi connectivity index (χ2v) is 7.02. The number of carbonyl (C=O) groups excluding carboxylic acids is 1. The van der Waals surface area contributed by atoms with Gasteiger partial charge in [-0.15, -0.1) is 0 Å². The second kappa shape index (κ2) is 9.86. The molecule has 9 heteroatoms. The Hall–Kier alpha value is -4.01. The number of amides is 1. The molecular weight excluding hydrogens is 422 g/mol. The number of aromatic nitrogens is 1. The molecule has 3 aromatic rings. The van der Waals surface area contributed by atoms with Crippen LogP contribution in [0, 0.1) is 11.6 Å². The van der Waals surface area contributed by atoms with Gasteiger partial charge in [-0.3, -0.25) is 4.79 Å². The normalized spacial score (nSPS) is 10.7. The van der Waals surface area contributed by atoms with Gasteiger partial charge in [0.15, 0.2) is 11.6 Å². The van der Waals surface area contributed by atoms with E-state index in [1.165, 1.54) is 36.4 Å². The first-order chi connectivity index (χ1) is 15.2. The van der Waals surface area contributed by atoms with Crippen LogP contribution in [-0.4, -0.2) is 28.1 Å². The fraction of sp³-hybridized carbons (Fsp3) is 0.174. The summed E-state index contributed by atoms with van der Waals surface area (Å²) in [5.41, 5.74) is 0.132. The number of nitrogens with one attached hydrogen (secondary N) is 1. The van der Waals surface area contributed by atoms with Gasteiger partial charge in [0.05, 0.1) is 17.2 Å². The third kappa shape index (κ3) is 5.57. The van der Waals surface area contributed by atoms with E-state index in [1.54, 1.807) is 19.9 Å². The average Bonchev–Trinajstić information content (AvgIpc) is 2.75. The fourth-order valence-electron chi connectivity index (χ4n) is 2.73. The van der Waals surface area contributed by atoms with Gasteiger partial charge in [-0.2, -0.15) is 0 Å². The van der Waals surface area contributed by atoms with Crippen LogP contribution in [-0.2, 0) is 6.61 Å². The molecule has 0 unspecified atom stereocenters. The number of rotatable bonds is 8. The Morgan fingerprint density at radius 2 is 1.91 bits per heavy atom. The van der Waals surface area contributed by atoms with Crippen LogP contribution in [0.3, 0.4) is 0 Å².